The number of hydrogen-bond acceptors (Lipinski definition) is 7. The molecule has 0 unspecified atom stereocenters. The quantitative estimate of drug-likeness (QED) is 0.488. The maximum atomic E-state index is 12.6. The summed E-state index contributed by atoms with van der Waals surface area (Å²) in [5, 5.41) is 3.91. The standard InChI is InChI=1S/C16H14F3N7O2S/c1-2-29(27,28)12-5-11(26-9-21-8-24-26)7-23-14(12)15(20)25-13-4-3-10(6-22-13)16(17,18)19/h3-9H,2H2,1H3,(H2,20,22,25). The lowest BCUT2D eigenvalue weighted by molar-refractivity contribution is -0.137. The van der Waals surface area contributed by atoms with E-state index >= 15 is 0 Å². The molecule has 0 aliphatic heterocycles. The molecule has 2 N–H and O–H groups in total. The first kappa shape index (κ1) is 20.4. The Balaban J connectivity index is 2.06. The molecule has 0 saturated heterocycles. The Morgan fingerprint density at radius 2 is 2.00 bits per heavy atom. The summed E-state index contributed by atoms with van der Waals surface area (Å²) in [6.45, 7) is 1.45. The van der Waals surface area contributed by atoms with Crippen LogP contribution in [0.5, 0.6) is 0 Å². The van der Waals surface area contributed by atoms with Gasteiger partial charge in [0.15, 0.2) is 21.5 Å². The molecule has 0 aromatic carbocycles. The summed E-state index contributed by atoms with van der Waals surface area (Å²) < 4.78 is 64.3. The summed E-state index contributed by atoms with van der Waals surface area (Å²) in [5.41, 5.74) is 5.14. The maximum Gasteiger partial charge on any atom is 0.417 e. The van der Waals surface area contributed by atoms with E-state index in [1.165, 1.54) is 36.5 Å². The smallest absolute Gasteiger partial charge is 0.382 e. The van der Waals surface area contributed by atoms with Crippen molar-refractivity contribution in [3.05, 3.63) is 54.5 Å². The Bertz CT molecular complexity index is 1140. The van der Waals surface area contributed by atoms with Crippen molar-refractivity contribution < 1.29 is 21.6 Å². The second-order valence-electron chi connectivity index (χ2n) is 5.68. The van der Waals surface area contributed by atoms with Gasteiger partial charge in [-0.3, -0.25) is 0 Å². The van der Waals surface area contributed by atoms with E-state index in [1.54, 1.807) is 0 Å². The van der Waals surface area contributed by atoms with Crippen LogP contribution in [0.3, 0.4) is 0 Å². The fourth-order valence-corrected chi connectivity index (χ4v) is 3.35. The number of nitrogens with two attached hydrogens (primary N) is 1. The predicted octanol–water partition coefficient (Wildman–Crippen LogP) is 1.91. The van der Waals surface area contributed by atoms with E-state index in [1.807, 2.05) is 0 Å². The molecule has 0 aliphatic carbocycles. The second-order valence-corrected chi connectivity index (χ2v) is 7.93. The molecule has 0 fully saturated rings. The summed E-state index contributed by atoms with van der Waals surface area (Å²) >= 11 is 0. The second kappa shape index (κ2) is 7.58. The Morgan fingerprint density at radius 1 is 1.24 bits per heavy atom. The van der Waals surface area contributed by atoms with Crippen LogP contribution in [-0.2, 0) is 16.0 Å². The van der Waals surface area contributed by atoms with E-state index in [4.69, 9.17) is 5.73 Å². The zero-order chi connectivity index (χ0) is 21.2. The number of sulfone groups is 1. The van der Waals surface area contributed by atoms with Gasteiger partial charge in [0, 0.05) is 6.20 Å². The van der Waals surface area contributed by atoms with Gasteiger partial charge in [0.25, 0.3) is 0 Å². The van der Waals surface area contributed by atoms with E-state index in [9.17, 15) is 21.6 Å². The van der Waals surface area contributed by atoms with Gasteiger partial charge < -0.3 is 5.73 Å². The van der Waals surface area contributed by atoms with Crippen LogP contribution in [0.1, 0.15) is 18.2 Å². The fourth-order valence-electron chi connectivity index (χ4n) is 2.28. The van der Waals surface area contributed by atoms with Crippen molar-refractivity contribution in [2.24, 2.45) is 10.7 Å². The van der Waals surface area contributed by atoms with Crippen LogP contribution in [0.25, 0.3) is 5.69 Å². The Hall–Kier alpha value is -3.35. The van der Waals surface area contributed by atoms with Crippen LogP contribution < -0.4 is 5.73 Å². The lowest BCUT2D eigenvalue weighted by atomic mass is 10.3. The van der Waals surface area contributed by atoms with E-state index in [0.717, 1.165) is 12.1 Å². The molecule has 13 heteroatoms. The SMILES string of the molecule is CCS(=O)(=O)c1cc(-n2cncn2)cnc1C(N)=Nc1ccc(C(F)(F)F)cn1. The normalized spacial score (nSPS) is 12.9. The summed E-state index contributed by atoms with van der Waals surface area (Å²) in [4.78, 5) is 15.2. The number of aromatic nitrogens is 5. The summed E-state index contributed by atoms with van der Waals surface area (Å²) in [5.74, 6) is -0.666. The van der Waals surface area contributed by atoms with Gasteiger partial charge in [-0.1, -0.05) is 6.92 Å². The minimum absolute atomic E-state index is 0.127. The van der Waals surface area contributed by atoms with Gasteiger partial charge in [0.05, 0.1) is 28.1 Å². The molecule has 0 spiro atoms. The number of amidine groups is 1. The van der Waals surface area contributed by atoms with Crippen LogP contribution >= 0.6 is 0 Å². The van der Waals surface area contributed by atoms with Crippen LogP contribution in [0.2, 0.25) is 0 Å². The number of alkyl halides is 3. The number of hydrogen-bond donors (Lipinski definition) is 1. The van der Waals surface area contributed by atoms with Gasteiger partial charge in [-0.15, -0.1) is 0 Å². The van der Waals surface area contributed by atoms with Crippen molar-refractivity contribution in [3.63, 3.8) is 0 Å². The van der Waals surface area contributed by atoms with Gasteiger partial charge in [-0.2, -0.15) is 18.3 Å². The van der Waals surface area contributed by atoms with Crippen LogP contribution in [0.4, 0.5) is 19.0 Å². The van der Waals surface area contributed by atoms with Crippen molar-refractivity contribution in [2.45, 2.75) is 18.0 Å². The van der Waals surface area contributed by atoms with Gasteiger partial charge in [0.2, 0.25) is 0 Å². The zero-order valence-electron chi connectivity index (χ0n) is 14.9. The van der Waals surface area contributed by atoms with Crippen molar-refractivity contribution in [3.8, 4) is 5.69 Å². The molecule has 29 heavy (non-hydrogen) atoms. The molecular weight excluding hydrogens is 411 g/mol. The number of rotatable bonds is 5. The number of pyridine rings is 2. The molecule has 0 atom stereocenters. The molecule has 0 radical (unpaired) electrons. The lowest BCUT2D eigenvalue weighted by Crippen LogP contribution is -2.21. The summed E-state index contributed by atoms with van der Waals surface area (Å²) in [7, 11) is -3.76. The third-order valence-corrected chi connectivity index (χ3v) is 5.53. The average molecular weight is 425 g/mol. The van der Waals surface area contributed by atoms with E-state index < -0.39 is 21.6 Å². The van der Waals surface area contributed by atoms with Crippen molar-refractivity contribution in [1.82, 2.24) is 24.7 Å². The summed E-state index contributed by atoms with van der Waals surface area (Å²) in [6.07, 6.45) is 0.0246. The summed E-state index contributed by atoms with van der Waals surface area (Å²) in [6, 6.07) is 3.13. The molecule has 9 nitrogen and oxygen atoms in total. The first-order valence-electron chi connectivity index (χ1n) is 8.07. The molecular formula is C16H14F3N7O2S. The highest BCUT2D eigenvalue weighted by Gasteiger charge is 2.30. The first-order valence-corrected chi connectivity index (χ1v) is 9.72. The first-order chi connectivity index (χ1) is 13.6. The largest absolute Gasteiger partial charge is 0.417 e. The Kier molecular flexibility index (Phi) is 5.33. The highest BCUT2D eigenvalue weighted by molar-refractivity contribution is 7.91. The van der Waals surface area contributed by atoms with E-state index in [-0.39, 0.29) is 28.0 Å². The van der Waals surface area contributed by atoms with Crippen molar-refractivity contribution >= 4 is 21.5 Å². The van der Waals surface area contributed by atoms with Crippen LogP contribution in [0, 0.1) is 0 Å². The Labute approximate surface area is 163 Å². The van der Waals surface area contributed by atoms with Gasteiger partial charge >= 0.3 is 6.18 Å². The minimum Gasteiger partial charge on any atom is -0.382 e. The van der Waals surface area contributed by atoms with Crippen LogP contribution in [-0.4, -0.2) is 44.7 Å². The van der Waals surface area contributed by atoms with Crippen molar-refractivity contribution in [1.29, 1.82) is 0 Å². The molecule has 152 valence electrons. The fraction of sp³-hybridized carbons (Fsp3) is 0.188. The van der Waals surface area contributed by atoms with E-state index in [0.29, 0.717) is 11.9 Å². The number of aliphatic imine (C=N–C) groups is 1. The highest BCUT2D eigenvalue weighted by atomic mass is 32.2. The maximum absolute atomic E-state index is 12.6. The third-order valence-electron chi connectivity index (χ3n) is 3.79. The highest BCUT2D eigenvalue weighted by Crippen LogP contribution is 2.29. The molecule has 3 aromatic heterocycles. The van der Waals surface area contributed by atoms with Gasteiger partial charge in [0.1, 0.15) is 18.3 Å². The monoisotopic (exact) mass is 425 g/mol. The topological polar surface area (TPSA) is 129 Å². The minimum atomic E-state index is -4.54. The van der Waals surface area contributed by atoms with Crippen LogP contribution in [0.15, 0.2) is 53.1 Å². The van der Waals surface area contributed by atoms with Crippen molar-refractivity contribution in [2.75, 3.05) is 5.75 Å². The average Bonchev–Trinajstić information content (AvgIpc) is 3.22. The predicted molar refractivity (Wildman–Crippen MR) is 96.5 cm³/mol. The molecule has 0 saturated carbocycles. The number of halogens is 3. The molecule has 3 aromatic rings. The molecule has 0 amide bonds. The number of nitrogens with zero attached hydrogens (tertiary/aromatic N) is 6. The molecule has 0 bridgehead atoms. The third kappa shape index (κ3) is 4.39. The van der Waals surface area contributed by atoms with Gasteiger partial charge in [-0.25, -0.2) is 33.0 Å². The lowest BCUT2D eigenvalue weighted by Gasteiger charge is -2.10. The molecule has 3 rings (SSSR count). The Morgan fingerprint density at radius 3 is 2.55 bits per heavy atom. The molecule has 3 heterocycles. The molecule has 0 aliphatic rings. The van der Waals surface area contributed by atoms with Gasteiger partial charge in [-0.05, 0) is 18.2 Å². The van der Waals surface area contributed by atoms with E-state index in [2.05, 4.69) is 25.0 Å². The zero-order valence-corrected chi connectivity index (χ0v) is 15.7.